The van der Waals surface area contributed by atoms with Gasteiger partial charge in [0.1, 0.15) is 4.83 Å². The lowest BCUT2D eigenvalue weighted by molar-refractivity contribution is -0.136. The van der Waals surface area contributed by atoms with Crippen LogP contribution in [0.3, 0.4) is 0 Å². The topological polar surface area (TPSA) is 63.3 Å². The number of carboxylic acid groups (broad SMARTS) is 1. The van der Waals surface area contributed by atoms with Gasteiger partial charge < -0.3 is 10.8 Å². The fourth-order valence-corrected chi connectivity index (χ4v) is 1.97. The number of carboxylic acids is 1. The molecule has 2 atom stereocenters. The summed E-state index contributed by atoms with van der Waals surface area (Å²) < 4.78 is 0. The number of alkyl halides is 2. The van der Waals surface area contributed by atoms with Crippen LogP contribution < -0.4 is 5.73 Å². The van der Waals surface area contributed by atoms with Crippen molar-refractivity contribution < 1.29 is 9.90 Å². The molecule has 3 N–H and O–H groups in total. The van der Waals surface area contributed by atoms with Gasteiger partial charge in [-0.1, -0.05) is 50.1 Å². The van der Waals surface area contributed by atoms with Gasteiger partial charge in [0.25, 0.3) is 0 Å². The van der Waals surface area contributed by atoms with E-state index in [0.717, 1.165) is 5.56 Å². The van der Waals surface area contributed by atoms with Gasteiger partial charge in [0.15, 0.2) is 0 Å². The Labute approximate surface area is 98.6 Å². The quantitative estimate of drug-likeness (QED) is 0.664. The van der Waals surface area contributed by atoms with Crippen LogP contribution in [0.1, 0.15) is 10.4 Å². The summed E-state index contributed by atoms with van der Waals surface area (Å²) in [6, 6.07) is 7.17. The molecule has 0 heterocycles. The minimum Gasteiger partial charge on any atom is -0.480 e. The minimum absolute atomic E-state index is 0.332. The summed E-state index contributed by atoms with van der Waals surface area (Å²) in [5.41, 5.74) is 7.07. The average molecular weight is 323 g/mol. The van der Waals surface area contributed by atoms with Gasteiger partial charge in [-0.2, -0.15) is 0 Å². The summed E-state index contributed by atoms with van der Waals surface area (Å²) in [6.07, 6.45) is 0. The molecule has 76 valence electrons. The number of para-hydroxylation sites is 1. The number of nitrogens with two attached hydrogens (primary N) is 1. The van der Waals surface area contributed by atoms with Crippen molar-refractivity contribution in [2.75, 3.05) is 5.73 Å². The highest BCUT2D eigenvalue weighted by molar-refractivity contribution is 9.12. The Morgan fingerprint density at radius 1 is 1.36 bits per heavy atom. The second-order valence-electron chi connectivity index (χ2n) is 2.77. The summed E-state index contributed by atoms with van der Waals surface area (Å²) in [5.74, 6) is -0.921. The van der Waals surface area contributed by atoms with Gasteiger partial charge in [0, 0.05) is 5.69 Å². The second kappa shape index (κ2) is 4.79. The van der Waals surface area contributed by atoms with Crippen molar-refractivity contribution in [2.45, 2.75) is 9.65 Å². The molecule has 0 spiro atoms. The molecule has 0 aromatic heterocycles. The standard InChI is InChI=1S/C9H9Br2NO2/c10-7(8(11)9(13)14)5-3-1-2-4-6(5)12/h1-4,7-8H,12H2,(H,13,14)/t7-,8-/m0/s1. The van der Waals surface area contributed by atoms with E-state index >= 15 is 0 Å². The molecule has 0 unspecified atom stereocenters. The van der Waals surface area contributed by atoms with Gasteiger partial charge in [-0.05, 0) is 11.6 Å². The van der Waals surface area contributed by atoms with Crippen molar-refractivity contribution in [1.82, 2.24) is 0 Å². The van der Waals surface area contributed by atoms with Crippen LogP contribution in [0.4, 0.5) is 5.69 Å². The molecule has 0 saturated heterocycles. The predicted molar refractivity (Wildman–Crippen MR) is 62.9 cm³/mol. The van der Waals surface area contributed by atoms with Gasteiger partial charge in [-0.15, -0.1) is 0 Å². The molecule has 0 saturated carbocycles. The van der Waals surface area contributed by atoms with Gasteiger partial charge in [0.05, 0.1) is 4.83 Å². The van der Waals surface area contributed by atoms with Gasteiger partial charge >= 0.3 is 5.97 Å². The molecule has 0 bridgehead atoms. The number of halogens is 2. The zero-order valence-electron chi connectivity index (χ0n) is 7.15. The number of hydrogen-bond donors (Lipinski definition) is 2. The third-order valence-corrected chi connectivity index (χ3v) is 4.44. The molecular formula is C9H9Br2NO2. The molecule has 0 radical (unpaired) electrons. The first-order valence-electron chi connectivity index (χ1n) is 3.89. The number of aliphatic carboxylic acids is 1. The van der Waals surface area contributed by atoms with Crippen LogP contribution in [0.5, 0.6) is 0 Å². The number of benzene rings is 1. The number of rotatable bonds is 3. The zero-order valence-corrected chi connectivity index (χ0v) is 10.3. The maximum atomic E-state index is 10.7. The monoisotopic (exact) mass is 321 g/mol. The summed E-state index contributed by atoms with van der Waals surface area (Å²) in [6.45, 7) is 0. The van der Waals surface area contributed by atoms with E-state index in [2.05, 4.69) is 31.9 Å². The fourth-order valence-electron chi connectivity index (χ4n) is 1.04. The van der Waals surface area contributed by atoms with Crippen molar-refractivity contribution in [3.63, 3.8) is 0 Å². The Morgan fingerprint density at radius 3 is 2.43 bits per heavy atom. The van der Waals surface area contributed by atoms with E-state index in [1.807, 2.05) is 12.1 Å². The molecule has 5 heteroatoms. The Balaban J connectivity index is 2.94. The summed E-state index contributed by atoms with van der Waals surface area (Å²) in [7, 11) is 0. The van der Waals surface area contributed by atoms with Crippen LogP contribution in [0, 0.1) is 0 Å². The minimum atomic E-state index is -0.921. The van der Waals surface area contributed by atoms with Crippen LogP contribution in [0.2, 0.25) is 0 Å². The highest BCUT2D eigenvalue weighted by atomic mass is 79.9. The maximum Gasteiger partial charge on any atom is 0.318 e. The third-order valence-electron chi connectivity index (χ3n) is 1.79. The lowest BCUT2D eigenvalue weighted by Gasteiger charge is -2.14. The molecule has 14 heavy (non-hydrogen) atoms. The molecule has 0 amide bonds. The van der Waals surface area contributed by atoms with Crippen molar-refractivity contribution in [2.24, 2.45) is 0 Å². The number of hydrogen-bond acceptors (Lipinski definition) is 2. The van der Waals surface area contributed by atoms with Crippen molar-refractivity contribution >= 4 is 43.5 Å². The SMILES string of the molecule is Nc1ccccc1[C@H](Br)[C@H](Br)C(=O)O. The Bertz CT molecular complexity index is 343. The summed E-state index contributed by atoms with van der Waals surface area (Å²) >= 11 is 6.37. The van der Waals surface area contributed by atoms with Crippen molar-refractivity contribution in [3.8, 4) is 0 Å². The van der Waals surface area contributed by atoms with Gasteiger partial charge in [-0.3, -0.25) is 4.79 Å². The van der Waals surface area contributed by atoms with Crippen LogP contribution in [-0.2, 0) is 4.79 Å². The van der Waals surface area contributed by atoms with E-state index in [9.17, 15) is 4.79 Å². The van der Waals surface area contributed by atoms with E-state index in [1.165, 1.54) is 0 Å². The molecule has 0 aliphatic carbocycles. The number of nitrogen functional groups attached to an aromatic ring is 1. The van der Waals surface area contributed by atoms with E-state index < -0.39 is 10.8 Å². The molecule has 1 aromatic rings. The Morgan fingerprint density at radius 2 is 1.93 bits per heavy atom. The van der Waals surface area contributed by atoms with E-state index in [4.69, 9.17) is 10.8 Å². The normalized spacial score (nSPS) is 14.7. The molecule has 1 aromatic carbocycles. The predicted octanol–water partition coefficient (Wildman–Crippen LogP) is 2.55. The molecule has 3 nitrogen and oxygen atoms in total. The van der Waals surface area contributed by atoms with Crippen LogP contribution in [0.25, 0.3) is 0 Å². The van der Waals surface area contributed by atoms with Crippen LogP contribution >= 0.6 is 31.9 Å². The highest BCUT2D eigenvalue weighted by Crippen LogP contribution is 2.34. The molecule has 0 fully saturated rings. The van der Waals surface area contributed by atoms with Gasteiger partial charge in [-0.25, -0.2) is 0 Å². The smallest absolute Gasteiger partial charge is 0.318 e. The van der Waals surface area contributed by atoms with E-state index in [0.29, 0.717) is 5.69 Å². The summed E-state index contributed by atoms with van der Waals surface area (Å²) in [5, 5.41) is 8.79. The Kier molecular flexibility index (Phi) is 3.95. The van der Waals surface area contributed by atoms with Crippen molar-refractivity contribution in [1.29, 1.82) is 0 Å². The molecule has 0 aliphatic rings. The first-order chi connectivity index (χ1) is 6.54. The van der Waals surface area contributed by atoms with Gasteiger partial charge in [0.2, 0.25) is 0 Å². The third kappa shape index (κ3) is 2.48. The fraction of sp³-hybridized carbons (Fsp3) is 0.222. The van der Waals surface area contributed by atoms with E-state index in [1.54, 1.807) is 12.1 Å². The summed E-state index contributed by atoms with van der Waals surface area (Å²) in [4.78, 5) is 9.69. The molecule has 0 aliphatic heterocycles. The lowest BCUT2D eigenvalue weighted by Crippen LogP contribution is -2.18. The second-order valence-corrected chi connectivity index (χ2v) is 4.74. The van der Waals surface area contributed by atoms with Crippen LogP contribution in [-0.4, -0.2) is 15.9 Å². The van der Waals surface area contributed by atoms with Crippen LogP contribution in [0.15, 0.2) is 24.3 Å². The first-order valence-corrected chi connectivity index (χ1v) is 5.72. The van der Waals surface area contributed by atoms with Crippen molar-refractivity contribution in [3.05, 3.63) is 29.8 Å². The largest absolute Gasteiger partial charge is 0.480 e. The Hall–Kier alpha value is -0.550. The number of anilines is 1. The maximum absolute atomic E-state index is 10.7. The van der Waals surface area contributed by atoms with E-state index in [-0.39, 0.29) is 4.83 Å². The average Bonchev–Trinajstić information content (AvgIpc) is 2.16. The molecular weight excluding hydrogens is 314 g/mol. The highest BCUT2D eigenvalue weighted by Gasteiger charge is 2.25. The first kappa shape index (κ1) is 11.5. The number of carbonyl (C=O) groups is 1. The lowest BCUT2D eigenvalue weighted by atomic mass is 10.1. The molecule has 1 rings (SSSR count). The zero-order chi connectivity index (χ0) is 10.7.